The van der Waals surface area contributed by atoms with Crippen molar-refractivity contribution in [2.75, 3.05) is 5.32 Å². The normalized spacial score (nSPS) is 18.0. The first kappa shape index (κ1) is 56.8. The molecule has 6 aromatic rings. The van der Waals surface area contributed by atoms with Gasteiger partial charge in [-0.25, -0.2) is 6.57 Å². The molecule has 0 fully saturated rings. The molecule has 0 saturated heterocycles. The Bertz CT molecular complexity index is 2900. The van der Waals surface area contributed by atoms with Gasteiger partial charge in [0, 0.05) is 78.1 Å². The van der Waals surface area contributed by atoms with E-state index in [2.05, 4.69) is 158 Å². The van der Waals surface area contributed by atoms with Gasteiger partial charge in [0.1, 0.15) is 0 Å². The number of aliphatic hydroxyl groups excluding tert-OH is 2. The molecule has 7 heterocycles. The van der Waals surface area contributed by atoms with Gasteiger partial charge in [0.25, 0.3) is 6.04 Å². The minimum Gasteiger partial charge on any atom is -0.388 e. The van der Waals surface area contributed by atoms with E-state index in [-0.39, 0.29) is 23.8 Å². The van der Waals surface area contributed by atoms with E-state index < -0.39 is 0 Å². The number of anilines is 1. The number of nitrogens with zero attached hydrogens (tertiary/aromatic N) is 6. The fraction of sp³-hybridized carbons (Fsp3) is 0.556. The third-order valence-corrected chi connectivity index (χ3v) is 15.6. The van der Waals surface area contributed by atoms with Crippen molar-refractivity contribution in [3.8, 4) is 0 Å². The molecule has 392 valence electrons. The number of pyridine rings is 5. The molecule has 3 aliphatic carbocycles. The zero-order valence-corrected chi connectivity index (χ0v) is 47.6. The van der Waals surface area contributed by atoms with Gasteiger partial charge in [0.05, 0.1) is 45.9 Å². The number of nitrogens with one attached hydrogen (secondary N) is 2. The second kappa shape index (κ2) is 24.2. The van der Waals surface area contributed by atoms with Crippen molar-refractivity contribution in [1.82, 2.24) is 29.9 Å². The summed E-state index contributed by atoms with van der Waals surface area (Å²) in [7, 11) is 0. The first-order valence-electron chi connectivity index (χ1n) is 27.3. The number of hydrogen-bond donors (Lipinski definition) is 4. The Labute approximate surface area is 439 Å². The largest absolute Gasteiger partial charge is 0.388 e. The van der Waals surface area contributed by atoms with Crippen molar-refractivity contribution >= 4 is 16.7 Å². The first-order valence-corrected chi connectivity index (χ1v) is 27.3. The molecule has 1 aliphatic heterocycles. The maximum absolute atomic E-state index is 10.0. The van der Waals surface area contributed by atoms with Crippen LogP contribution in [0.2, 0.25) is 0 Å². The molecule has 0 saturated carbocycles. The van der Waals surface area contributed by atoms with E-state index in [4.69, 9.17) is 6.57 Å². The van der Waals surface area contributed by atoms with E-state index in [9.17, 15) is 10.2 Å². The van der Waals surface area contributed by atoms with Crippen molar-refractivity contribution in [3.63, 3.8) is 0 Å². The Hall–Kier alpha value is -5.50. The quantitative estimate of drug-likeness (QED) is 0.125. The Morgan fingerprint density at radius 2 is 0.945 bits per heavy atom. The fourth-order valence-corrected chi connectivity index (χ4v) is 11.6. The van der Waals surface area contributed by atoms with Crippen LogP contribution in [0.3, 0.4) is 0 Å². The average Bonchev–Trinajstić information content (AvgIpc) is 4.06. The lowest BCUT2D eigenvalue weighted by Gasteiger charge is -2.24. The average molecular weight is 989 g/mol. The van der Waals surface area contributed by atoms with Gasteiger partial charge in [-0.1, -0.05) is 69.2 Å². The summed E-state index contributed by atoms with van der Waals surface area (Å²) in [5.41, 5.74) is 24.7. The summed E-state index contributed by atoms with van der Waals surface area (Å²) in [5.74, 6) is 2.55. The zero-order chi connectivity index (χ0) is 53.6. The van der Waals surface area contributed by atoms with Gasteiger partial charge >= 0.3 is 0 Å². The first-order chi connectivity index (χ1) is 34.5. The van der Waals surface area contributed by atoms with Gasteiger partial charge < -0.3 is 25.4 Å². The van der Waals surface area contributed by atoms with Crippen molar-refractivity contribution in [3.05, 3.63) is 150 Å². The number of aryl methyl sites for hydroxylation is 4. The van der Waals surface area contributed by atoms with Crippen LogP contribution in [-0.4, -0.2) is 45.7 Å². The van der Waals surface area contributed by atoms with Gasteiger partial charge in [0.2, 0.25) is 0 Å². The summed E-state index contributed by atoms with van der Waals surface area (Å²) in [4.78, 5) is 29.4. The summed E-state index contributed by atoms with van der Waals surface area (Å²) in [6, 6.07) is 2.06. The third-order valence-electron chi connectivity index (χ3n) is 15.6. The van der Waals surface area contributed by atoms with E-state index in [1.807, 2.05) is 43.2 Å². The van der Waals surface area contributed by atoms with E-state index in [0.717, 1.165) is 91.5 Å². The van der Waals surface area contributed by atoms with Crippen LogP contribution >= 0.6 is 0 Å². The number of H-pyrrole nitrogens is 1. The molecule has 3 unspecified atom stereocenters. The molecule has 10 nitrogen and oxygen atoms in total. The molecule has 0 amide bonds. The van der Waals surface area contributed by atoms with Crippen molar-refractivity contribution in [1.29, 1.82) is 0 Å². The number of fused-ring (bicyclic) bond motifs is 5. The highest BCUT2D eigenvalue weighted by atomic mass is 16.3. The maximum atomic E-state index is 10.0. The predicted molar refractivity (Wildman–Crippen MR) is 302 cm³/mol. The lowest BCUT2D eigenvalue weighted by atomic mass is 9.85. The molecule has 0 spiro atoms. The van der Waals surface area contributed by atoms with E-state index in [1.54, 1.807) is 0 Å². The van der Waals surface area contributed by atoms with Gasteiger partial charge in [0.15, 0.2) is 0 Å². The molecule has 10 heteroatoms. The monoisotopic (exact) mass is 989 g/mol. The summed E-state index contributed by atoms with van der Waals surface area (Å²) in [6.07, 6.45) is 20.3. The van der Waals surface area contributed by atoms with Crippen LogP contribution in [0.4, 0.5) is 5.69 Å². The Kier molecular flexibility index (Phi) is 18.9. The molecule has 0 bridgehead atoms. The van der Waals surface area contributed by atoms with E-state index >= 15 is 0 Å². The van der Waals surface area contributed by atoms with Gasteiger partial charge in [-0.05, 0) is 185 Å². The molecular formula is C63H88N8O2. The smallest absolute Gasteiger partial charge is 0.250 e. The second-order valence-electron chi connectivity index (χ2n) is 23.3. The predicted octanol–water partition coefficient (Wildman–Crippen LogP) is 15.4. The van der Waals surface area contributed by atoms with Gasteiger partial charge in [-0.3, -0.25) is 24.9 Å². The number of aromatic amines is 1. The number of hydrogen-bond acceptors (Lipinski definition) is 8. The van der Waals surface area contributed by atoms with Crippen LogP contribution in [-0.2, 0) is 25.7 Å². The van der Waals surface area contributed by atoms with Crippen LogP contribution in [0, 0.1) is 41.2 Å². The molecule has 73 heavy (non-hydrogen) atoms. The Morgan fingerprint density at radius 3 is 1.45 bits per heavy atom. The Morgan fingerprint density at radius 1 is 0.534 bits per heavy atom. The zero-order valence-electron chi connectivity index (χ0n) is 47.6. The number of aromatic nitrogens is 6. The van der Waals surface area contributed by atoms with Crippen molar-refractivity contribution in [2.45, 2.75) is 229 Å². The molecule has 4 aliphatic rings. The van der Waals surface area contributed by atoms with Crippen LogP contribution in [0.25, 0.3) is 15.9 Å². The van der Waals surface area contributed by atoms with Crippen molar-refractivity contribution in [2.24, 2.45) is 0 Å². The molecule has 3 atom stereocenters. The highest BCUT2D eigenvalue weighted by molar-refractivity contribution is 5.79. The molecular weight excluding hydrogens is 901 g/mol. The highest BCUT2D eigenvalue weighted by Crippen LogP contribution is 2.39. The molecule has 6 aromatic heterocycles. The summed E-state index contributed by atoms with van der Waals surface area (Å²) in [6.45, 7) is 44.3. The van der Waals surface area contributed by atoms with Crippen LogP contribution < -0.4 is 5.32 Å². The number of aliphatic hydroxyl groups is 2. The van der Waals surface area contributed by atoms with Crippen LogP contribution in [0.1, 0.15) is 258 Å². The van der Waals surface area contributed by atoms with Gasteiger partial charge in [-0.15, -0.1) is 0 Å². The highest BCUT2D eigenvalue weighted by Gasteiger charge is 2.32. The summed E-state index contributed by atoms with van der Waals surface area (Å²) >= 11 is 0. The number of rotatable bonds is 5. The molecule has 0 radical (unpaired) electrons. The molecule has 0 aromatic carbocycles. The third kappa shape index (κ3) is 12.9. The summed E-state index contributed by atoms with van der Waals surface area (Å²) in [5, 5.41) is 23.4. The lowest BCUT2D eigenvalue weighted by molar-refractivity contribution is 0.154. The Balaban J connectivity index is 0.000000149. The fourth-order valence-electron chi connectivity index (χ4n) is 11.6. The van der Waals surface area contributed by atoms with Crippen LogP contribution in [0.15, 0.2) is 43.2 Å². The molecule has 4 N–H and O–H groups in total. The topological polar surface area (TPSA) is 137 Å². The van der Waals surface area contributed by atoms with E-state index in [0.29, 0.717) is 29.6 Å². The van der Waals surface area contributed by atoms with Crippen molar-refractivity contribution < 1.29 is 10.2 Å². The summed E-state index contributed by atoms with van der Waals surface area (Å²) < 4.78 is 0. The minimum absolute atomic E-state index is 0.0509. The maximum Gasteiger partial charge on any atom is 0.250 e. The lowest BCUT2D eigenvalue weighted by Crippen LogP contribution is -2.27. The standard InChI is InChI=1S/C14H18N2.C13H20N2.C13H19NO.C12H17NO.C11H14N2/c1-9(2)11-8-16-13-7-5-6-12(15-4)14(13)10(11)3;1-8(2)10-7-14-11-6-13(4,5)15-12(11)9(10)3;1-8(2)10-7-14-11-5-4-6-12(15)13(11)9(10)3;1-7(2)9-6-13-10-4-5-11(14)12(10)8(9)3;1-7(2)9-6-13-10-4-5-12-11(10)8(9)3/h8-9,12H,5-7H2,1-3H3;7-8,15H,6H2,1-5H3;7-8,12,15H,4-6H2,1-3H3;6-7,11,14H,4-5H2,1-3H3;4-7,12H,1-3H3. The molecule has 10 rings (SSSR count). The van der Waals surface area contributed by atoms with Crippen LogP contribution in [0.5, 0.6) is 0 Å². The van der Waals surface area contributed by atoms with E-state index in [1.165, 1.54) is 78.1 Å². The minimum atomic E-state index is -0.292. The SMILES string of the molecule is Cc1c(C(C)C)cnc2c1C(O)CC2.Cc1c(C(C)C)cnc2c1C(O)CCC2.Cc1c(C(C)C)cnc2c1NC(C)(C)C2.Cc1c(C(C)C)cnc2cc[nH]c12.[C-]#[N+]C1CCCc2ncc(C(C)C)c(C)c21. The van der Waals surface area contributed by atoms with Gasteiger partial charge in [-0.2, -0.15) is 0 Å². The second-order valence-corrected chi connectivity index (χ2v) is 23.3.